The Bertz CT molecular complexity index is 1210. The van der Waals surface area contributed by atoms with Crippen LogP contribution in [0.25, 0.3) is 0 Å². The minimum Gasteiger partial charge on any atom is -0.507 e. The smallest absolute Gasteiger partial charge is 0.238 e. The quantitative estimate of drug-likeness (QED) is 0.420. The summed E-state index contributed by atoms with van der Waals surface area (Å²) in [6.07, 6.45) is 3.90. The highest BCUT2D eigenvalue weighted by Crippen LogP contribution is 2.47. The highest BCUT2D eigenvalue weighted by atomic mass is 35.5. The molecule has 2 heterocycles. The third-order valence-corrected chi connectivity index (χ3v) is 8.93. The van der Waals surface area contributed by atoms with Gasteiger partial charge in [-0.15, -0.1) is 24.2 Å². The van der Waals surface area contributed by atoms with E-state index >= 15 is 0 Å². The van der Waals surface area contributed by atoms with Gasteiger partial charge in [-0.1, -0.05) is 47.6 Å². The SMILES string of the molecule is CN(C1=CC=CS1=N)c1ccc(N2C(=O)CSC2c2cc(C(C)(C)C)c(O)c(C(C)(C)C)c2)cc1.Cl. The van der Waals surface area contributed by atoms with E-state index in [1.807, 2.05) is 58.7 Å². The van der Waals surface area contributed by atoms with Crippen molar-refractivity contribution in [3.05, 3.63) is 75.7 Å². The molecular weight excluding hydrogens is 510 g/mol. The van der Waals surface area contributed by atoms with Gasteiger partial charge >= 0.3 is 0 Å². The molecule has 194 valence electrons. The van der Waals surface area contributed by atoms with E-state index in [1.165, 1.54) is 0 Å². The van der Waals surface area contributed by atoms with Gasteiger partial charge in [0, 0.05) is 18.4 Å². The molecule has 1 saturated heterocycles. The molecule has 0 bridgehead atoms. The number of hydrogen-bond acceptors (Lipinski definition) is 5. The molecule has 2 aliphatic heterocycles. The lowest BCUT2D eigenvalue weighted by molar-refractivity contribution is -0.115. The van der Waals surface area contributed by atoms with Gasteiger partial charge < -0.3 is 10.0 Å². The number of hydrogen-bond donors (Lipinski definition) is 2. The number of carbonyl (C=O) groups excluding carboxylic acids is 1. The zero-order valence-electron chi connectivity index (χ0n) is 22.0. The van der Waals surface area contributed by atoms with E-state index in [1.54, 1.807) is 11.8 Å². The van der Waals surface area contributed by atoms with Gasteiger partial charge in [-0.25, -0.2) is 0 Å². The molecule has 0 radical (unpaired) electrons. The van der Waals surface area contributed by atoms with Gasteiger partial charge in [0.1, 0.15) is 11.1 Å². The molecule has 0 spiro atoms. The molecule has 2 N–H and O–H groups in total. The summed E-state index contributed by atoms with van der Waals surface area (Å²) in [5.41, 5.74) is 4.22. The Morgan fingerprint density at radius 1 is 1.06 bits per heavy atom. The standard InChI is InChI=1S/C28H35N3O2S2.ClH/c1-27(2,3)21-15-18(16-22(25(21)33)28(4,5)6)26-31(23(32)17-34-26)20-12-10-19(11-13-20)30(7)24-9-8-14-35(24)29;/h8-16,26,29,33H,17H2,1-7H3;1H. The molecule has 1 amide bonds. The van der Waals surface area contributed by atoms with Crippen molar-refractivity contribution < 1.29 is 9.90 Å². The molecule has 2 aliphatic rings. The minimum atomic E-state index is -0.638. The Hall–Kier alpha value is -2.22. The van der Waals surface area contributed by atoms with Crippen LogP contribution in [0, 0.1) is 4.78 Å². The zero-order chi connectivity index (χ0) is 25.7. The Morgan fingerprint density at radius 2 is 1.61 bits per heavy atom. The number of benzene rings is 2. The summed E-state index contributed by atoms with van der Waals surface area (Å²) >= 11 is 1.63. The van der Waals surface area contributed by atoms with Crippen LogP contribution >= 0.6 is 24.2 Å². The number of halogens is 1. The third kappa shape index (κ3) is 5.38. The van der Waals surface area contributed by atoms with Crippen molar-refractivity contribution >= 4 is 52.1 Å². The van der Waals surface area contributed by atoms with E-state index in [0.717, 1.165) is 33.1 Å². The molecule has 2 unspecified atom stereocenters. The lowest BCUT2D eigenvalue weighted by atomic mass is 9.78. The van der Waals surface area contributed by atoms with Crippen LogP contribution in [0.1, 0.15) is 63.6 Å². The molecule has 2 atom stereocenters. The molecule has 4 rings (SSSR count). The van der Waals surface area contributed by atoms with Crippen LogP contribution in [0.15, 0.2) is 59.0 Å². The number of thioether (sulfide) groups is 1. The van der Waals surface area contributed by atoms with Gasteiger partial charge in [-0.05, 0) is 86.1 Å². The van der Waals surface area contributed by atoms with Crippen molar-refractivity contribution in [1.29, 1.82) is 4.78 Å². The molecule has 36 heavy (non-hydrogen) atoms. The number of allylic oxidation sites excluding steroid dienone is 2. The van der Waals surface area contributed by atoms with Gasteiger partial charge in [0.25, 0.3) is 0 Å². The molecule has 2 aromatic rings. The van der Waals surface area contributed by atoms with Crippen molar-refractivity contribution in [1.82, 2.24) is 0 Å². The van der Waals surface area contributed by atoms with Crippen molar-refractivity contribution in [3.63, 3.8) is 0 Å². The molecule has 0 aromatic heterocycles. The molecule has 2 aromatic carbocycles. The summed E-state index contributed by atoms with van der Waals surface area (Å²) in [6, 6.07) is 12.1. The molecule has 1 fully saturated rings. The van der Waals surface area contributed by atoms with E-state index in [0.29, 0.717) is 11.5 Å². The monoisotopic (exact) mass is 545 g/mol. The van der Waals surface area contributed by atoms with E-state index in [4.69, 9.17) is 4.78 Å². The third-order valence-electron chi connectivity index (χ3n) is 6.43. The Kier molecular flexibility index (Phi) is 8.09. The second kappa shape index (κ2) is 10.3. The Balaban J connectivity index is 0.00000361. The summed E-state index contributed by atoms with van der Waals surface area (Å²) in [7, 11) is 1.33. The first-order valence-corrected chi connectivity index (χ1v) is 14.1. The van der Waals surface area contributed by atoms with Crippen molar-refractivity contribution in [2.24, 2.45) is 0 Å². The number of amides is 1. The number of aromatic hydroxyl groups is 1. The van der Waals surface area contributed by atoms with Crippen LogP contribution < -0.4 is 9.80 Å². The van der Waals surface area contributed by atoms with E-state index in [-0.39, 0.29) is 34.5 Å². The first-order chi connectivity index (χ1) is 16.3. The molecular formula is C28H36ClN3O2S2. The van der Waals surface area contributed by atoms with Crippen LogP contribution in [0.5, 0.6) is 5.75 Å². The van der Waals surface area contributed by atoms with Gasteiger partial charge in [0.15, 0.2) is 0 Å². The minimum absolute atomic E-state index is 0. The highest BCUT2D eigenvalue weighted by Gasteiger charge is 2.36. The number of phenolic OH excluding ortho intramolecular Hbond substituents is 1. The maximum absolute atomic E-state index is 13.1. The average Bonchev–Trinajstić information content (AvgIpc) is 3.37. The normalized spacial score (nSPS) is 19.9. The van der Waals surface area contributed by atoms with Crippen molar-refractivity contribution in [3.8, 4) is 5.75 Å². The zero-order valence-corrected chi connectivity index (χ0v) is 24.4. The van der Waals surface area contributed by atoms with E-state index in [9.17, 15) is 9.90 Å². The summed E-state index contributed by atoms with van der Waals surface area (Å²) < 4.78 is 8.19. The highest BCUT2D eigenvalue weighted by molar-refractivity contribution is 8.00. The fourth-order valence-electron chi connectivity index (χ4n) is 4.46. The topological polar surface area (TPSA) is 67.6 Å². The van der Waals surface area contributed by atoms with Crippen LogP contribution in [0.2, 0.25) is 0 Å². The second-order valence-electron chi connectivity index (χ2n) is 11.1. The average molecular weight is 546 g/mol. The number of rotatable bonds is 4. The lowest BCUT2D eigenvalue weighted by Crippen LogP contribution is -2.28. The largest absolute Gasteiger partial charge is 0.507 e. The fraction of sp³-hybridized carbons (Fsp3) is 0.393. The van der Waals surface area contributed by atoms with Crippen LogP contribution in [0.4, 0.5) is 11.4 Å². The number of anilines is 2. The van der Waals surface area contributed by atoms with Gasteiger partial charge in [0.05, 0.1) is 10.8 Å². The molecule has 0 aliphatic carbocycles. The lowest BCUT2D eigenvalue weighted by Gasteiger charge is -2.31. The van der Waals surface area contributed by atoms with Crippen LogP contribution in [-0.4, -0.2) is 23.8 Å². The molecule has 5 nitrogen and oxygen atoms in total. The predicted molar refractivity (Wildman–Crippen MR) is 158 cm³/mol. The van der Waals surface area contributed by atoms with Crippen LogP contribution in [-0.2, 0) is 26.3 Å². The van der Waals surface area contributed by atoms with E-state index < -0.39 is 10.7 Å². The number of nitrogens with one attached hydrogen (secondary N) is 1. The Morgan fingerprint density at radius 3 is 2.08 bits per heavy atom. The summed E-state index contributed by atoms with van der Waals surface area (Å²) in [4.78, 5) is 17.0. The number of carbonyl (C=O) groups is 1. The van der Waals surface area contributed by atoms with Gasteiger partial charge in [-0.2, -0.15) is 0 Å². The maximum Gasteiger partial charge on any atom is 0.238 e. The van der Waals surface area contributed by atoms with Crippen molar-refractivity contribution in [2.45, 2.75) is 57.7 Å². The van der Waals surface area contributed by atoms with Gasteiger partial charge in [0.2, 0.25) is 5.91 Å². The fourth-order valence-corrected chi connectivity index (χ4v) is 6.62. The predicted octanol–water partition coefficient (Wildman–Crippen LogP) is 7.37. The van der Waals surface area contributed by atoms with Crippen molar-refractivity contribution in [2.75, 3.05) is 22.6 Å². The maximum atomic E-state index is 13.1. The number of phenols is 1. The summed E-state index contributed by atoms with van der Waals surface area (Å²) in [6.45, 7) is 12.6. The number of nitrogens with zero attached hydrogens (tertiary/aromatic N) is 2. The first-order valence-electron chi connectivity index (χ1n) is 11.8. The second-order valence-corrected chi connectivity index (χ2v) is 13.6. The molecule has 0 saturated carbocycles. The Labute approximate surface area is 228 Å². The molecule has 8 heteroatoms. The summed E-state index contributed by atoms with van der Waals surface area (Å²) in [5, 5.41) is 13.8. The van der Waals surface area contributed by atoms with Gasteiger partial charge in [-0.3, -0.25) is 14.5 Å². The van der Waals surface area contributed by atoms with E-state index in [2.05, 4.69) is 53.7 Å². The van der Waals surface area contributed by atoms with Crippen LogP contribution in [0.3, 0.4) is 0 Å². The first kappa shape index (κ1) is 28.4. The summed E-state index contributed by atoms with van der Waals surface area (Å²) in [5.74, 6) is 0.855.